The number of nitrogens with one attached hydrogen (secondary N) is 1. The molecule has 3 aliphatic heterocycles. The molecule has 4 aliphatic rings. The van der Waals surface area contributed by atoms with Gasteiger partial charge in [0.25, 0.3) is 0 Å². The number of hydrogen-bond acceptors (Lipinski definition) is 4. The normalized spacial score (nSPS) is 26.6. The zero-order valence-electron chi connectivity index (χ0n) is 15.4. The number of rotatable bonds is 4. The van der Waals surface area contributed by atoms with E-state index in [9.17, 15) is 13.2 Å². The first-order chi connectivity index (χ1) is 12.4. The van der Waals surface area contributed by atoms with Gasteiger partial charge in [0.1, 0.15) is 0 Å². The van der Waals surface area contributed by atoms with E-state index in [0.717, 1.165) is 31.4 Å². The van der Waals surface area contributed by atoms with Gasteiger partial charge >= 0.3 is 0 Å². The van der Waals surface area contributed by atoms with Crippen LogP contribution in [-0.4, -0.2) is 65.7 Å². The predicted molar refractivity (Wildman–Crippen MR) is 98.2 cm³/mol. The summed E-state index contributed by atoms with van der Waals surface area (Å²) in [4.78, 5) is 14.8. The highest BCUT2D eigenvalue weighted by atomic mass is 32.2. The van der Waals surface area contributed by atoms with Crippen LogP contribution >= 0.6 is 0 Å². The van der Waals surface area contributed by atoms with Crippen molar-refractivity contribution in [3.05, 3.63) is 17.0 Å². The zero-order chi connectivity index (χ0) is 18.3. The van der Waals surface area contributed by atoms with E-state index >= 15 is 0 Å². The number of piperidine rings is 1. The van der Waals surface area contributed by atoms with E-state index in [4.69, 9.17) is 0 Å². The van der Waals surface area contributed by atoms with Crippen molar-refractivity contribution in [3.63, 3.8) is 0 Å². The van der Waals surface area contributed by atoms with E-state index in [1.165, 1.54) is 30.4 Å². The molecule has 144 valence electrons. The molecule has 3 saturated heterocycles. The number of aryl methyl sites for hydroxylation is 2. The average Bonchev–Trinajstić information content (AvgIpc) is 2.78. The van der Waals surface area contributed by atoms with Gasteiger partial charge in [-0.25, -0.2) is 8.42 Å². The summed E-state index contributed by atoms with van der Waals surface area (Å²) >= 11 is 0. The molecule has 5 rings (SSSR count). The predicted octanol–water partition coefficient (Wildman–Crippen LogP) is 1.10. The molecule has 2 bridgehead atoms. The molecule has 0 aromatic carbocycles. The number of H-pyrrole nitrogens is 1. The Labute approximate surface area is 155 Å². The number of hydrogen-bond donors (Lipinski definition) is 1. The lowest BCUT2D eigenvalue weighted by molar-refractivity contribution is -0.135. The Morgan fingerprint density at radius 2 is 2.00 bits per heavy atom. The first-order valence-electron chi connectivity index (χ1n) is 9.71. The summed E-state index contributed by atoms with van der Waals surface area (Å²) in [6, 6.07) is 0.0177. The molecule has 0 saturated carbocycles. The van der Waals surface area contributed by atoms with Crippen LogP contribution in [0.25, 0.3) is 0 Å². The average molecular weight is 381 g/mol. The fourth-order valence-electron chi connectivity index (χ4n) is 4.74. The number of carbonyl (C=O) groups is 1. The number of fused-ring (bicyclic) bond motifs is 5. The summed E-state index contributed by atoms with van der Waals surface area (Å²) in [7, 11) is -3.20. The van der Waals surface area contributed by atoms with Gasteiger partial charge in [-0.2, -0.15) is 9.40 Å². The number of carbonyl (C=O) groups excluding carboxylic acids is 1. The van der Waals surface area contributed by atoms with Crippen LogP contribution in [0.4, 0.5) is 0 Å². The van der Waals surface area contributed by atoms with Crippen LogP contribution in [0.2, 0.25) is 0 Å². The SMILES string of the molecule is CS(=O)(=O)N1C[C@H]2CC[C@@H](C1)N(C(=O)CCc1n[nH]c3c1CCCC3)C2. The Bertz CT molecular complexity index is 788. The molecule has 1 aliphatic carbocycles. The Morgan fingerprint density at radius 3 is 2.81 bits per heavy atom. The number of aromatic amines is 1. The van der Waals surface area contributed by atoms with Gasteiger partial charge in [0.15, 0.2) is 0 Å². The van der Waals surface area contributed by atoms with Gasteiger partial charge in [-0.3, -0.25) is 9.89 Å². The first kappa shape index (κ1) is 18.0. The van der Waals surface area contributed by atoms with Crippen molar-refractivity contribution in [2.75, 3.05) is 25.9 Å². The van der Waals surface area contributed by atoms with Crippen molar-refractivity contribution in [1.82, 2.24) is 19.4 Å². The molecular formula is C18H28N4O3S. The number of sulfonamides is 1. The lowest BCUT2D eigenvalue weighted by Crippen LogP contribution is -2.47. The topological polar surface area (TPSA) is 86.4 Å². The van der Waals surface area contributed by atoms with Crippen molar-refractivity contribution in [2.45, 2.75) is 57.4 Å². The fourth-order valence-corrected chi connectivity index (χ4v) is 5.66. The standard InChI is InChI=1S/C18H28N4O3S/c1-26(24,25)21-10-13-6-7-14(12-21)22(11-13)18(23)9-8-17-15-4-2-3-5-16(15)19-20-17/h13-14H,2-12H2,1H3,(H,19,20)/t13-,14+/m1/s1. The quantitative estimate of drug-likeness (QED) is 0.848. The Hall–Kier alpha value is -1.41. The Balaban J connectivity index is 1.41. The molecule has 0 radical (unpaired) electrons. The van der Waals surface area contributed by atoms with E-state index in [2.05, 4.69) is 10.2 Å². The minimum Gasteiger partial charge on any atom is -0.338 e. The van der Waals surface area contributed by atoms with Crippen LogP contribution in [-0.2, 0) is 34.1 Å². The molecule has 1 amide bonds. The molecule has 0 unspecified atom stereocenters. The van der Waals surface area contributed by atoms with Crippen LogP contribution in [0.5, 0.6) is 0 Å². The largest absolute Gasteiger partial charge is 0.338 e. The summed E-state index contributed by atoms with van der Waals surface area (Å²) in [6.45, 7) is 1.68. The molecule has 4 heterocycles. The first-order valence-corrected chi connectivity index (χ1v) is 11.6. The van der Waals surface area contributed by atoms with Crippen molar-refractivity contribution in [1.29, 1.82) is 0 Å². The maximum Gasteiger partial charge on any atom is 0.223 e. The van der Waals surface area contributed by atoms with Gasteiger partial charge in [-0.05, 0) is 50.0 Å². The molecule has 7 nitrogen and oxygen atoms in total. The smallest absolute Gasteiger partial charge is 0.223 e. The lowest BCUT2D eigenvalue weighted by Gasteiger charge is -2.36. The highest BCUT2D eigenvalue weighted by Crippen LogP contribution is 2.30. The number of amides is 1. The van der Waals surface area contributed by atoms with E-state index < -0.39 is 10.0 Å². The molecular weight excluding hydrogens is 352 g/mol. The van der Waals surface area contributed by atoms with E-state index in [0.29, 0.717) is 32.5 Å². The minimum absolute atomic E-state index is 0.0177. The van der Waals surface area contributed by atoms with E-state index in [1.54, 1.807) is 4.31 Å². The highest BCUT2D eigenvalue weighted by molar-refractivity contribution is 7.88. The zero-order valence-corrected chi connectivity index (χ0v) is 16.2. The van der Waals surface area contributed by atoms with Gasteiger partial charge in [0, 0.05) is 44.2 Å². The maximum atomic E-state index is 12.9. The molecule has 1 aromatic heterocycles. The second-order valence-corrected chi connectivity index (χ2v) is 10.0. The molecule has 2 atom stereocenters. The van der Waals surface area contributed by atoms with Crippen LogP contribution in [0.15, 0.2) is 0 Å². The molecule has 0 spiro atoms. The molecule has 26 heavy (non-hydrogen) atoms. The van der Waals surface area contributed by atoms with Crippen LogP contribution < -0.4 is 0 Å². The van der Waals surface area contributed by atoms with Crippen molar-refractivity contribution in [2.24, 2.45) is 5.92 Å². The third-order valence-electron chi connectivity index (χ3n) is 6.19. The third kappa shape index (κ3) is 3.53. The van der Waals surface area contributed by atoms with Gasteiger partial charge in [0.2, 0.25) is 15.9 Å². The molecule has 3 fully saturated rings. The van der Waals surface area contributed by atoms with Crippen molar-refractivity contribution >= 4 is 15.9 Å². The van der Waals surface area contributed by atoms with Gasteiger partial charge < -0.3 is 4.90 Å². The van der Waals surface area contributed by atoms with Crippen molar-refractivity contribution in [3.8, 4) is 0 Å². The summed E-state index contributed by atoms with van der Waals surface area (Å²) in [5.74, 6) is 0.396. The third-order valence-corrected chi connectivity index (χ3v) is 7.42. The van der Waals surface area contributed by atoms with Crippen LogP contribution in [0.3, 0.4) is 0 Å². The summed E-state index contributed by atoms with van der Waals surface area (Å²) in [5, 5.41) is 7.58. The van der Waals surface area contributed by atoms with Gasteiger partial charge in [-0.15, -0.1) is 0 Å². The second kappa shape index (κ2) is 6.96. The Morgan fingerprint density at radius 1 is 1.19 bits per heavy atom. The minimum atomic E-state index is -3.20. The summed E-state index contributed by atoms with van der Waals surface area (Å²) in [6.07, 6.45) is 8.85. The number of aromatic nitrogens is 2. The van der Waals surface area contributed by atoms with Crippen LogP contribution in [0, 0.1) is 5.92 Å². The molecule has 1 aromatic rings. The highest BCUT2D eigenvalue weighted by Gasteiger charge is 2.39. The number of nitrogens with zero attached hydrogens (tertiary/aromatic N) is 3. The van der Waals surface area contributed by atoms with E-state index in [-0.39, 0.29) is 17.9 Å². The van der Waals surface area contributed by atoms with E-state index in [1.807, 2.05) is 4.90 Å². The van der Waals surface area contributed by atoms with Crippen LogP contribution in [0.1, 0.15) is 49.1 Å². The van der Waals surface area contributed by atoms with Crippen molar-refractivity contribution < 1.29 is 13.2 Å². The molecule has 1 N–H and O–H groups in total. The monoisotopic (exact) mass is 380 g/mol. The molecule has 8 heteroatoms. The summed E-state index contributed by atoms with van der Waals surface area (Å²) in [5.41, 5.74) is 3.62. The van der Waals surface area contributed by atoms with Gasteiger partial charge in [-0.1, -0.05) is 0 Å². The Kier molecular flexibility index (Phi) is 4.81. The maximum absolute atomic E-state index is 12.9. The fraction of sp³-hybridized carbons (Fsp3) is 0.778. The van der Waals surface area contributed by atoms with Gasteiger partial charge in [0.05, 0.1) is 11.9 Å². The second-order valence-electron chi connectivity index (χ2n) is 8.06. The lowest BCUT2D eigenvalue weighted by atomic mass is 9.93. The summed E-state index contributed by atoms with van der Waals surface area (Å²) < 4.78 is 25.5.